The maximum absolute atomic E-state index is 14.4. The van der Waals surface area contributed by atoms with Crippen molar-refractivity contribution in [2.75, 3.05) is 25.6 Å². The first-order valence-electron chi connectivity index (χ1n) is 11.5. The predicted octanol–water partition coefficient (Wildman–Crippen LogP) is 5.67. The Labute approximate surface area is 212 Å². The van der Waals surface area contributed by atoms with E-state index >= 15 is 0 Å². The van der Waals surface area contributed by atoms with Gasteiger partial charge in [0.1, 0.15) is 29.3 Å². The minimum atomic E-state index is -1.04. The number of ether oxygens (including phenoxy) is 2. The molecule has 0 aliphatic carbocycles. The molecule has 8 nitrogen and oxygen atoms in total. The summed E-state index contributed by atoms with van der Waals surface area (Å²) in [4.78, 5) is 20.4. The lowest BCUT2D eigenvalue weighted by Gasteiger charge is -2.16. The van der Waals surface area contributed by atoms with E-state index in [1.807, 2.05) is 13.8 Å². The van der Waals surface area contributed by atoms with E-state index in [0.717, 1.165) is 11.1 Å². The Morgan fingerprint density at radius 2 is 2.00 bits per heavy atom. The third-order valence-corrected chi connectivity index (χ3v) is 6.23. The molecule has 4 rings (SSSR count). The fourth-order valence-corrected chi connectivity index (χ4v) is 4.64. The number of halogens is 2. The third-order valence-electron chi connectivity index (χ3n) is 5.86. The molecule has 0 spiro atoms. The van der Waals surface area contributed by atoms with Crippen LogP contribution in [0.2, 0.25) is 5.15 Å². The molecular weight excluding hydrogens is 487 g/mol. The number of hydrogen-bond acceptors (Lipinski definition) is 6. The summed E-state index contributed by atoms with van der Waals surface area (Å²) >= 11 is 6.48. The molecular formula is C26H26ClFN4O4. The molecule has 0 unspecified atom stereocenters. The molecule has 0 aliphatic heterocycles. The number of nitrogens with zero attached hydrogens (tertiary/aromatic N) is 3. The maximum atomic E-state index is 14.4. The van der Waals surface area contributed by atoms with Gasteiger partial charge in [-0.1, -0.05) is 30.7 Å². The number of aromatic carboxylic acids is 1. The van der Waals surface area contributed by atoms with Crippen molar-refractivity contribution in [2.45, 2.75) is 26.8 Å². The summed E-state index contributed by atoms with van der Waals surface area (Å²) in [5.74, 6) is -0.208. The van der Waals surface area contributed by atoms with Crippen molar-refractivity contribution in [1.29, 1.82) is 0 Å². The molecule has 0 amide bonds. The van der Waals surface area contributed by atoms with Crippen LogP contribution in [0.5, 0.6) is 11.5 Å². The number of methoxy groups -OCH3 is 1. The summed E-state index contributed by atoms with van der Waals surface area (Å²) in [6.45, 7) is 4.98. The highest BCUT2D eigenvalue weighted by atomic mass is 35.5. The number of carboxylic acids is 1. The van der Waals surface area contributed by atoms with E-state index in [4.69, 9.17) is 21.1 Å². The van der Waals surface area contributed by atoms with Crippen LogP contribution in [0.15, 0.2) is 42.7 Å². The van der Waals surface area contributed by atoms with Gasteiger partial charge in [0.25, 0.3) is 0 Å². The predicted molar refractivity (Wildman–Crippen MR) is 137 cm³/mol. The second-order valence-corrected chi connectivity index (χ2v) is 8.24. The molecule has 0 bridgehead atoms. The topological polar surface area (TPSA) is 98.5 Å². The van der Waals surface area contributed by atoms with Crippen LogP contribution in [0.4, 0.5) is 10.2 Å². The number of benzene rings is 2. The first-order valence-corrected chi connectivity index (χ1v) is 11.9. The van der Waals surface area contributed by atoms with Crippen LogP contribution >= 0.6 is 11.6 Å². The Kier molecular flexibility index (Phi) is 7.59. The number of fused-ring (bicyclic) bond motifs is 1. The van der Waals surface area contributed by atoms with Crippen molar-refractivity contribution in [1.82, 2.24) is 14.5 Å². The Balaban J connectivity index is 1.60. The van der Waals surface area contributed by atoms with Gasteiger partial charge in [-0.15, -0.1) is 0 Å². The Hall–Kier alpha value is -3.85. The quantitative estimate of drug-likeness (QED) is 0.282. The normalized spacial score (nSPS) is 11.0. The van der Waals surface area contributed by atoms with Crippen molar-refractivity contribution >= 4 is 34.3 Å². The van der Waals surface area contributed by atoms with Gasteiger partial charge in [0, 0.05) is 30.3 Å². The number of carbonyl (C=O) groups is 1. The fraction of sp³-hybridized carbons (Fsp3) is 0.269. The standard InChI is InChI=1S/C26H26ClFN4O4/c1-4-15-16(9-10-17(26(33)34)23(15)36-5-2)19-13-21(31-14-30-19)29-11-12-32-20-8-6-7-18(28)22(20)24(35-3)25(32)27/h6-10,13-14H,4-5,11-12H2,1-3H3,(H,33,34)(H,29,30,31). The first kappa shape index (κ1) is 25.2. The lowest BCUT2D eigenvalue weighted by Crippen LogP contribution is -2.12. The largest absolute Gasteiger partial charge is 0.493 e. The molecule has 0 radical (unpaired) electrons. The van der Waals surface area contributed by atoms with E-state index in [1.54, 1.807) is 28.8 Å². The maximum Gasteiger partial charge on any atom is 0.339 e. The molecule has 36 heavy (non-hydrogen) atoms. The summed E-state index contributed by atoms with van der Waals surface area (Å²) in [5.41, 5.74) is 2.93. The first-order chi connectivity index (χ1) is 17.4. The molecule has 0 saturated heterocycles. The van der Waals surface area contributed by atoms with Crippen LogP contribution in [0.25, 0.3) is 22.2 Å². The van der Waals surface area contributed by atoms with Crippen molar-refractivity contribution in [2.24, 2.45) is 0 Å². The van der Waals surface area contributed by atoms with Gasteiger partial charge in [0.2, 0.25) is 0 Å². The summed E-state index contributed by atoms with van der Waals surface area (Å²) < 4.78 is 27.2. The molecule has 2 heterocycles. The van der Waals surface area contributed by atoms with E-state index in [1.165, 1.54) is 25.6 Å². The van der Waals surface area contributed by atoms with E-state index in [2.05, 4.69) is 15.3 Å². The molecule has 0 aliphatic rings. The lowest BCUT2D eigenvalue weighted by molar-refractivity contribution is 0.0692. The number of anilines is 1. The number of aromatic nitrogens is 3. The van der Waals surface area contributed by atoms with Crippen LogP contribution in [0.3, 0.4) is 0 Å². The van der Waals surface area contributed by atoms with Gasteiger partial charge in [-0.25, -0.2) is 19.2 Å². The Morgan fingerprint density at radius 3 is 2.69 bits per heavy atom. The molecule has 10 heteroatoms. The van der Waals surface area contributed by atoms with E-state index in [0.29, 0.717) is 65.2 Å². The highest BCUT2D eigenvalue weighted by Crippen LogP contribution is 2.38. The Morgan fingerprint density at radius 1 is 1.19 bits per heavy atom. The number of hydrogen-bond donors (Lipinski definition) is 2. The molecule has 0 fully saturated rings. The summed E-state index contributed by atoms with van der Waals surface area (Å²) in [5, 5.41) is 13.5. The van der Waals surface area contributed by atoms with E-state index < -0.39 is 11.8 Å². The van der Waals surface area contributed by atoms with E-state index in [-0.39, 0.29) is 5.56 Å². The molecule has 0 atom stereocenters. The second-order valence-electron chi connectivity index (χ2n) is 7.89. The minimum Gasteiger partial charge on any atom is -0.493 e. The van der Waals surface area contributed by atoms with Gasteiger partial charge < -0.3 is 24.5 Å². The van der Waals surface area contributed by atoms with Crippen LogP contribution in [-0.4, -0.2) is 45.9 Å². The number of nitrogens with one attached hydrogen (secondary N) is 1. The summed E-state index contributed by atoms with van der Waals surface area (Å²) in [6.07, 6.45) is 2.01. The van der Waals surface area contributed by atoms with Crippen molar-refractivity contribution < 1.29 is 23.8 Å². The van der Waals surface area contributed by atoms with Crippen molar-refractivity contribution in [3.63, 3.8) is 0 Å². The van der Waals surface area contributed by atoms with Crippen LogP contribution < -0.4 is 14.8 Å². The molecule has 4 aromatic rings. The van der Waals surface area contributed by atoms with Gasteiger partial charge in [-0.05, 0) is 31.5 Å². The highest BCUT2D eigenvalue weighted by Gasteiger charge is 2.21. The molecule has 2 aromatic carbocycles. The molecule has 0 saturated carbocycles. The van der Waals surface area contributed by atoms with Crippen LogP contribution in [0.1, 0.15) is 29.8 Å². The van der Waals surface area contributed by atoms with Gasteiger partial charge in [-0.3, -0.25) is 0 Å². The third kappa shape index (κ3) is 4.66. The zero-order valence-electron chi connectivity index (χ0n) is 20.1. The average molecular weight is 513 g/mol. The summed E-state index contributed by atoms with van der Waals surface area (Å²) in [7, 11) is 1.46. The zero-order chi connectivity index (χ0) is 25.8. The highest BCUT2D eigenvalue weighted by molar-refractivity contribution is 6.33. The van der Waals surface area contributed by atoms with Crippen LogP contribution in [-0.2, 0) is 13.0 Å². The second kappa shape index (κ2) is 10.8. The fourth-order valence-electron chi connectivity index (χ4n) is 4.29. The van der Waals surface area contributed by atoms with E-state index in [9.17, 15) is 14.3 Å². The van der Waals surface area contributed by atoms with Crippen molar-refractivity contribution in [3.8, 4) is 22.8 Å². The zero-order valence-corrected chi connectivity index (χ0v) is 20.9. The van der Waals surface area contributed by atoms with Gasteiger partial charge in [0.15, 0.2) is 10.9 Å². The SMILES string of the molecule is CCOc1c(C(=O)O)ccc(-c2cc(NCCn3c(Cl)c(OC)c4c(F)cccc43)ncn2)c1CC. The van der Waals surface area contributed by atoms with Crippen LogP contribution in [0, 0.1) is 5.82 Å². The van der Waals surface area contributed by atoms with Gasteiger partial charge in [0.05, 0.1) is 30.3 Å². The van der Waals surface area contributed by atoms with Gasteiger partial charge >= 0.3 is 5.97 Å². The van der Waals surface area contributed by atoms with Crippen molar-refractivity contribution in [3.05, 3.63) is 64.8 Å². The molecule has 2 N–H and O–H groups in total. The minimum absolute atomic E-state index is 0.118. The monoisotopic (exact) mass is 512 g/mol. The number of carboxylic acid groups (broad SMARTS) is 1. The average Bonchev–Trinajstić information content (AvgIpc) is 3.15. The smallest absolute Gasteiger partial charge is 0.339 e. The number of rotatable bonds is 10. The molecule has 188 valence electrons. The molecule has 2 aromatic heterocycles. The Bertz CT molecular complexity index is 1420. The van der Waals surface area contributed by atoms with Gasteiger partial charge in [-0.2, -0.15) is 0 Å². The lowest BCUT2D eigenvalue weighted by atomic mass is 9.97. The summed E-state index contributed by atoms with van der Waals surface area (Å²) in [6, 6.07) is 9.85.